The Morgan fingerprint density at radius 1 is 1.33 bits per heavy atom. The number of anilines is 2. The number of nitrogens with one attached hydrogen (secondary N) is 1. The third-order valence-corrected chi connectivity index (χ3v) is 3.22. The van der Waals surface area contributed by atoms with E-state index in [0.29, 0.717) is 11.4 Å². The fourth-order valence-corrected chi connectivity index (χ4v) is 2.05. The van der Waals surface area contributed by atoms with E-state index in [4.69, 9.17) is 10.5 Å². The number of carbonyl (C=O) groups excluding carboxylic acids is 1. The quantitative estimate of drug-likeness (QED) is 0.826. The summed E-state index contributed by atoms with van der Waals surface area (Å²) >= 11 is 3.32. The first-order valence-electron chi connectivity index (χ1n) is 6.24. The van der Waals surface area contributed by atoms with Crippen molar-refractivity contribution >= 4 is 33.2 Å². The highest BCUT2D eigenvalue weighted by Gasteiger charge is 2.16. The number of amides is 1. The number of benzene rings is 2. The maximum absolute atomic E-state index is 13.6. The number of nitrogens with two attached hydrogens (primary N) is 1. The minimum Gasteiger partial charge on any atom is -0.481 e. The Bertz CT molecular complexity index is 664. The van der Waals surface area contributed by atoms with Crippen molar-refractivity contribution in [3.63, 3.8) is 0 Å². The maximum atomic E-state index is 13.6. The molecule has 0 aromatic heterocycles. The van der Waals surface area contributed by atoms with Gasteiger partial charge in [0, 0.05) is 10.2 Å². The summed E-state index contributed by atoms with van der Waals surface area (Å²) < 4.78 is 19.9. The molecule has 21 heavy (non-hydrogen) atoms. The van der Waals surface area contributed by atoms with Crippen molar-refractivity contribution in [2.75, 3.05) is 11.1 Å². The van der Waals surface area contributed by atoms with E-state index in [1.807, 2.05) is 6.07 Å². The summed E-state index contributed by atoms with van der Waals surface area (Å²) in [5.41, 5.74) is 5.97. The van der Waals surface area contributed by atoms with Gasteiger partial charge in [-0.3, -0.25) is 4.79 Å². The molecule has 0 bridgehead atoms. The Morgan fingerprint density at radius 3 is 2.81 bits per heavy atom. The summed E-state index contributed by atoms with van der Waals surface area (Å²) in [6.45, 7) is 1.58. The zero-order valence-electron chi connectivity index (χ0n) is 11.3. The second-order valence-electron chi connectivity index (χ2n) is 4.45. The second kappa shape index (κ2) is 6.58. The van der Waals surface area contributed by atoms with Gasteiger partial charge in [0.05, 0.1) is 5.69 Å². The number of hydrogen-bond acceptors (Lipinski definition) is 3. The van der Waals surface area contributed by atoms with E-state index in [1.165, 1.54) is 18.2 Å². The molecule has 3 N–H and O–H groups in total. The van der Waals surface area contributed by atoms with Crippen LogP contribution in [0.2, 0.25) is 0 Å². The van der Waals surface area contributed by atoms with E-state index in [-0.39, 0.29) is 5.69 Å². The van der Waals surface area contributed by atoms with Crippen LogP contribution in [0.3, 0.4) is 0 Å². The molecule has 0 fully saturated rings. The Morgan fingerprint density at radius 2 is 2.10 bits per heavy atom. The molecule has 1 atom stereocenters. The maximum Gasteiger partial charge on any atom is 0.265 e. The third-order valence-electron chi connectivity index (χ3n) is 2.73. The van der Waals surface area contributed by atoms with Gasteiger partial charge in [0.15, 0.2) is 6.10 Å². The molecule has 2 aromatic rings. The van der Waals surface area contributed by atoms with Gasteiger partial charge in [-0.15, -0.1) is 0 Å². The molecule has 1 amide bonds. The van der Waals surface area contributed by atoms with Gasteiger partial charge < -0.3 is 15.8 Å². The molecule has 2 rings (SSSR count). The van der Waals surface area contributed by atoms with E-state index in [2.05, 4.69) is 21.2 Å². The lowest BCUT2D eigenvalue weighted by atomic mass is 10.2. The van der Waals surface area contributed by atoms with Gasteiger partial charge in [0.25, 0.3) is 5.91 Å². The van der Waals surface area contributed by atoms with Gasteiger partial charge in [-0.05, 0) is 43.3 Å². The summed E-state index contributed by atoms with van der Waals surface area (Å²) in [7, 11) is 0. The number of carbonyl (C=O) groups is 1. The molecule has 6 heteroatoms. The minimum atomic E-state index is -0.778. The molecule has 4 nitrogen and oxygen atoms in total. The van der Waals surface area contributed by atoms with Crippen molar-refractivity contribution in [2.24, 2.45) is 0 Å². The topological polar surface area (TPSA) is 64.3 Å². The second-order valence-corrected chi connectivity index (χ2v) is 5.36. The summed E-state index contributed by atoms with van der Waals surface area (Å²) in [5, 5.41) is 2.46. The van der Waals surface area contributed by atoms with Crippen molar-refractivity contribution in [2.45, 2.75) is 13.0 Å². The van der Waals surface area contributed by atoms with Gasteiger partial charge in [-0.2, -0.15) is 0 Å². The molecule has 0 spiro atoms. The average Bonchev–Trinajstić information content (AvgIpc) is 2.43. The molecule has 0 aliphatic rings. The predicted molar refractivity (Wildman–Crippen MR) is 83.7 cm³/mol. The SMILES string of the molecule is CC(Oc1cccc(Br)c1)C(=O)Nc1cc(N)ccc1F. The molecule has 1 unspecified atom stereocenters. The first-order chi connectivity index (χ1) is 9.95. The number of nitrogen functional groups attached to an aromatic ring is 1. The lowest BCUT2D eigenvalue weighted by Crippen LogP contribution is -2.30. The first kappa shape index (κ1) is 15.3. The molecule has 110 valence electrons. The van der Waals surface area contributed by atoms with E-state index < -0.39 is 17.8 Å². The van der Waals surface area contributed by atoms with Crippen LogP contribution in [-0.4, -0.2) is 12.0 Å². The molecule has 0 saturated carbocycles. The van der Waals surface area contributed by atoms with Crippen LogP contribution in [0, 0.1) is 5.82 Å². The van der Waals surface area contributed by atoms with Crippen LogP contribution < -0.4 is 15.8 Å². The fourth-order valence-electron chi connectivity index (χ4n) is 1.67. The number of rotatable bonds is 4. The number of ether oxygens (including phenoxy) is 1. The first-order valence-corrected chi connectivity index (χ1v) is 7.03. The van der Waals surface area contributed by atoms with Crippen LogP contribution in [0.5, 0.6) is 5.75 Å². The van der Waals surface area contributed by atoms with Crippen LogP contribution in [0.25, 0.3) is 0 Å². The zero-order chi connectivity index (χ0) is 15.4. The van der Waals surface area contributed by atoms with Crippen LogP contribution in [0.15, 0.2) is 46.9 Å². The van der Waals surface area contributed by atoms with Crippen molar-refractivity contribution in [3.05, 3.63) is 52.8 Å². The lowest BCUT2D eigenvalue weighted by Gasteiger charge is -2.15. The molecule has 0 aliphatic heterocycles. The lowest BCUT2D eigenvalue weighted by molar-refractivity contribution is -0.122. The summed E-state index contributed by atoms with van der Waals surface area (Å²) in [6.07, 6.45) is -0.778. The van der Waals surface area contributed by atoms with Crippen LogP contribution in [-0.2, 0) is 4.79 Å². The summed E-state index contributed by atoms with van der Waals surface area (Å²) in [4.78, 5) is 12.0. The van der Waals surface area contributed by atoms with Crippen molar-refractivity contribution in [1.82, 2.24) is 0 Å². The van der Waals surface area contributed by atoms with Crippen molar-refractivity contribution in [1.29, 1.82) is 0 Å². The highest BCUT2D eigenvalue weighted by Crippen LogP contribution is 2.20. The summed E-state index contributed by atoms with van der Waals surface area (Å²) in [5.74, 6) is -0.466. The largest absolute Gasteiger partial charge is 0.481 e. The Hall–Kier alpha value is -2.08. The van der Waals surface area contributed by atoms with Gasteiger partial charge in [-0.1, -0.05) is 22.0 Å². The van der Waals surface area contributed by atoms with Crippen molar-refractivity contribution in [3.8, 4) is 5.75 Å². The molecule has 0 saturated heterocycles. The Labute approximate surface area is 130 Å². The van der Waals surface area contributed by atoms with E-state index in [1.54, 1.807) is 25.1 Å². The number of halogens is 2. The van der Waals surface area contributed by atoms with Gasteiger partial charge in [-0.25, -0.2) is 4.39 Å². The van der Waals surface area contributed by atoms with Gasteiger partial charge in [0.1, 0.15) is 11.6 Å². The molecule has 2 aromatic carbocycles. The zero-order valence-corrected chi connectivity index (χ0v) is 12.9. The third kappa shape index (κ3) is 4.19. The standard InChI is InChI=1S/C15H14BrFN2O2/c1-9(21-12-4-2-3-10(16)7-12)15(20)19-14-8-11(18)5-6-13(14)17/h2-9H,18H2,1H3,(H,19,20). The average molecular weight is 353 g/mol. The highest BCUT2D eigenvalue weighted by molar-refractivity contribution is 9.10. The minimum absolute atomic E-state index is 0.0321. The monoisotopic (exact) mass is 352 g/mol. The molecule has 0 aliphatic carbocycles. The Kier molecular flexibility index (Phi) is 4.80. The fraction of sp³-hybridized carbons (Fsp3) is 0.133. The molecule has 0 heterocycles. The molecule has 0 radical (unpaired) electrons. The normalized spacial score (nSPS) is 11.8. The van der Waals surface area contributed by atoms with Gasteiger partial charge >= 0.3 is 0 Å². The van der Waals surface area contributed by atoms with Gasteiger partial charge in [0.2, 0.25) is 0 Å². The van der Waals surface area contributed by atoms with Crippen LogP contribution in [0.1, 0.15) is 6.92 Å². The summed E-state index contributed by atoms with van der Waals surface area (Å²) in [6, 6.07) is 11.1. The van der Waals surface area contributed by atoms with E-state index in [0.717, 1.165) is 4.47 Å². The molecular weight excluding hydrogens is 339 g/mol. The molecular formula is C15H14BrFN2O2. The van der Waals surface area contributed by atoms with E-state index in [9.17, 15) is 9.18 Å². The highest BCUT2D eigenvalue weighted by atomic mass is 79.9. The number of hydrogen-bond donors (Lipinski definition) is 2. The van der Waals surface area contributed by atoms with Crippen molar-refractivity contribution < 1.29 is 13.9 Å². The van der Waals surface area contributed by atoms with E-state index >= 15 is 0 Å². The Balaban J connectivity index is 2.04. The van der Waals surface area contributed by atoms with Crippen LogP contribution in [0.4, 0.5) is 15.8 Å². The smallest absolute Gasteiger partial charge is 0.265 e. The van der Waals surface area contributed by atoms with Crippen LogP contribution >= 0.6 is 15.9 Å². The predicted octanol–water partition coefficient (Wildman–Crippen LogP) is 3.58.